The Morgan fingerprint density at radius 1 is 0.711 bits per heavy atom. The van der Waals surface area contributed by atoms with Crippen molar-refractivity contribution >= 4 is 24.2 Å². The van der Waals surface area contributed by atoms with E-state index in [1.165, 1.54) is 75.7 Å². The monoisotopic (exact) mass is 844 g/mol. The normalized spacial score (nSPS) is 10.6. The first-order chi connectivity index (χ1) is 21.4. The third-order valence-electron chi connectivity index (χ3n) is 5.00. The fraction of sp³-hybridized carbons (Fsp3) is 0.0714. The van der Waals surface area contributed by atoms with Crippen LogP contribution in [0.5, 0.6) is 23.0 Å². The first-order valence-electron chi connectivity index (χ1n) is 12.4. The van der Waals surface area contributed by atoms with Crippen LogP contribution in [-0.2, 0) is 4.47 Å². The van der Waals surface area contributed by atoms with Gasteiger partial charge in [0.25, 0.3) is 0 Å². The van der Waals surface area contributed by atoms with E-state index in [0.717, 1.165) is 0 Å². The van der Waals surface area contributed by atoms with Crippen molar-refractivity contribution in [2.75, 3.05) is 14.2 Å². The summed E-state index contributed by atoms with van der Waals surface area (Å²) in [7, 11) is 2.82. The molecule has 4 aromatic rings. The summed E-state index contributed by atoms with van der Waals surface area (Å²) in [5.74, 6) is -1.17. The maximum atomic E-state index is 11.8. The zero-order chi connectivity index (χ0) is 33.2. The summed E-state index contributed by atoms with van der Waals surface area (Å²) in [4.78, 5) is 30.9. The van der Waals surface area contributed by atoms with Gasteiger partial charge < -0.3 is 50.3 Å². The van der Waals surface area contributed by atoms with E-state index in [-0.39, 0.29) is 23.0 Å². The standard InChI is InChI=1S/2C14H13N3O3.2H2O.2O.U/c2*1-20-12-4-2-3-11(13(12)18)9-16-17-14(19)10-5-7-15-8-6-10;;;;;/h2*2-9H,1H3,(H2,15,16,17,18,19);2*1H2;;;/q;;;;;;+2/p-4. The molecule has 0 fully saturated rings. The second-order valence-corrected chi connectivity index (χ2v) is 13.3. The molecule has 0 unspecified atom stereocenters. The van der Waals surface area contributed by atoms with Gasteiger partial charge in [-0.25, -0.2) is 0 Å². The third-order valence-corrected chi connectivity index (χ3v) is 5.00. The molecule has 0 saturated heterocycles. The number of amides is 2. The number of para-hydroxylation sites is 2. The number of aromatic nitrogens is 2. The van der Waals surface area contributed by atoms with Crippen LogP contribution < -0.4 is 19.7 Å². The van der Waals surface area contributed by atoms with E-state index < -0.39 is 37.2 Å². The van der Waals surface area contributed by atoms with Crippen LogP contribution in [0.3, 0.4) is 0 Å². The summed E-state index contributed by atoms with van der Waals surface area (Å²) in [6, 6.07) is 15.7. The number of rotatable bonds is 8. The number of carbonyl (C=O) groups excluding carboxylic acids is 2. The van der Waals surface area contributed by atoms with E-state index in [9.17, 15) is 19.8 Å². The quantitative estimate of drug-likeness (QED) is 0.140. The molecule has 2 aromatic carbocycles. The Morgan fingerprint density at radius 3 is 1.36 bits per heavy atom. The molecule has 234 valence electrons. The molecular weight excluding hydrogens is 818 g/mol. The van der Waals surface area contributed by atoms with Crippen molar-refractivity contribution < 1.29 is 64.4 Å². The molecule has 2 heterocycles. The molecular formula is C28H26N6O10U-2. The Labute approximate surface area is 263 Å². The maximum absolute atomic E-state index is 11.8. The Bertz CT molecular complexity index is 1600. The van der Waals surface area contributed by atoms with E-state index in [4.69, 9.17) is 19.2 Å². The van der Waals surface area contributed by atoms with Crippen molar-refractivity contribution in [3.63, 3.8) is 0 Å². The number of hydrogen-bond donors (Lipinski definition) is 0. The summed E-state index contributed by atoms with van der Waals surface area (Å²) in [6.45, 7) is 0. The summed E-state index contributed by atoms with van der Waals surface area (Å²) >= 11 is -5.34. The Kier molecular flexibility index (Phi) is 14.8. The van der Waals surface area contributed by atoms with Crippen LogP contribution >= 0.6 is 0 Å². The summed E-state index contributed by atoms with van der Waals surface area (Å²) in [5, 5.41) is 30.8. The number of nitrogens with zero attached hydrogens (tertiary/aromatic N) is 6. The van der Waals surface area contributed by atoms with Gasteiger partial charge in [-0.1, -0.05) is 35.8 Å². The van der Waals surface area contributed by atoms with E-state index in [1.54, 1.807) is 36.4 Å². The number of ether oxygens (including phenoxy) is 2. The van der Waals surface area contributed by atoms with Gasteiger partial charge in [-0.05, 0) is 47.5 Å². The molecule has 0 aliphatic rings. The zero-order valence-corrected chi connectivity index (χ0v) is 27.9. The van der Waals surface area contributed by atoms with Crippen LogP contribution in [-0.4, -0.2) is 53.7 Å². The van der Waals surface area contributed by atoms with Crippen LogP contribution in [0, 0.1) is 25.4 Å². The number of carbonyl (C=O) groups is 2. The van der Waals surface area contributed by atoms with E-state index >= 15 is 0 Å². The molecule has 0 aliphatic heterocycles. The molecule has 2 aromatic heterocycles. The molecule has 0 aliphatic carbocycles. The first-order valence-corrected chi connectivity index (χ1v) is 20.0. The van der Waals surface area contributed by atoms with E-state index in [0.29, 0.717) is 22.3 Å². The van der Waals surface area contributed by atoms with E-state index in [2.05, 4.69) is 31.0 Å². The molecule has 45 heavy (non-hydrogen) atoms. The molecule has 4 N–H and O–H groups in total. The SMILES string of the molecule is COc1cccc(/C=N/[N-]C(=O)c2ccncc2)c1[O-].COc1cccc(/C=N/[N-]C(=O)c2ccncc2)c1[O-].[O]=[U](=[O])([OH2+])[OH2+]. The van der Waals surface area contributed by atoms with Crippen molar-refractivity contribution in [1.82, 2.24) is 9.97 Å². The molecule has 0 radical (unpaired) electrons. The second kappa shape index (κ2) is 18.5. The summed E-state index contributed by atoms with van der Waals surface area (Å²) in [5.41, 5.74) is 8.38. The minimum absolute atomic E-state index is 0.217. The van der Waals surface area contributed by atoms with Crippen LogP contribution in [0.2, 0.25) is 0 Å². The summed E-state index contributed by atoms with van der Waals surface area (Å²) in [6.07, 6.45) is 8.41. The van der Waals surface area contributed by atoms with Gasteiger partial charge in [-0.15, -0.1) is 0 Å². The van der Waals surface area contributed by atoms with Crippen LogP contribution in [0.4, 0.5) is 0 Å². The van der Waals surface area contributed by atoms with E-state index in [1.807, 2.05) is 0 Å². The number of benzene rings is 2. The average molecular weight is 845 g/mol. The predicted octanol–water partition coefficient (Wildman–Crippen LogP) is 1.54. The molecule has 0 spiro atoms. The molecule has 2 amide bonds. The fourth-order valence-corrected chi connectivity index (χ4v) is 2.98. The molecule has 17 heteroatoms. The van der Waals surface area contributed by atoms with Crippen LogP contribution in [0.25, 0.3) is 10.9 Å². The van der Waals surface area contributed by atoms with Gasteiger partial charge in [0.05, 0.1) is 26.0 Å². The van der Waals surface area contributed by atoms with Crippen molar-refractivity contribution in [2.45, 2.75) is 0 Å². The van der Waals surface area contributed by atoms with Gasteiger partial charge in [0.15, 0.2) is 0 Å². The number of pyridine rings is 2. The molecule has 16 nitrogen and oxygen atoms in total. The first kappa shape index (κ1) is 36.0. The zero-order valence-electron chi connectivity index (χ0n) is 23.7. The van der Waals surface area contributed by atoms with Gasteiger partial charge >= 0.3 is 35.1 Å². The molecule has 0 saturated carbocycles. The molecule has 4 rings (SSSR count). The Morgan fingerprint density at radius 2 is 1.04 bits per heavy atom. The number of methoxy groups -OCH3 is 2. The van der Waals surface area contributed by atoms with Crippen molar-refractivity contribution in [2.24, 2.45) is 10.2 Å². The van der Waals surface area contributed by atoms with Gasteiger partial charge in [0.1, 0.15) is 11.5 Å². The minimum atomic E-state index is -5.34. The average Bonchev–Trinajstić information content (AvgIpc) is 3.03. The third kappa shape index (κ3) is 13.3. The predicted molar refractivity (Wildman–Crippen MR) is 153 cm³/mol. The molecule has 0 bridgehead atoms. The van der Waals surface area contributed by atoms with Crippen LogP contribution in [0.1, 0.15) is 31.8 Å². The Hall–Kier alpha value is -5.21. The van der Waals surface area contributed by atoms with Gasteiger partial charge in [0, 0.05) is 48.3 Å². The topological polar surface area (TPSA) is 257 Å². The number of hydrogen-bond acceptors (Lipinski definition) is 12. The Balaban J connectivity index is 0.000000273. The van der Waals surface area contributed by atoms with Crippen molar-refractivity contribution in [3.8, 4) is 23.0 Å². The van der Waals surface area contributed by atoms with Gasteiger partial charge in [-0.2, -0.15) is 0 Å². The van der Waals surface area contributed by atoms with Gasteiger partial charge in [0.2, 0.25) is 0 Å². The fourth-order valence-electron chi connectivity index (χ4n) is 2.98. The van der Waals surface area contributed by atoms with Gasteiger partial charge in [-0.3, -0.25) is 9.97 Å². The molecule has 0 atom stereocenters. The van der Waals surface area contributed by atoms with Crippen LogP contribution in [0.15, 0.2) is 95.7 Å². The van der Waals surface area contributed by atoms with Crippen molar-refractivity contribution in [3.05, 3.63) is 119 Å². The van der Waals surface area contributed by atoms with Crippen molar-refractivity contribution in [1.29, 1.82) is 0 Å². The second-order valence-electron chi connectivity index (χ2n) is 8.15. The summed E-state index contributed by atoms with van der Waals surface area (Å²) < 4.78 is 39.5.